The van der Waals surface area contributed by atoms with Crippen LogP contribution in [0.5, 0.6) is 11.5 Å². The first-order chi connectivity index (χ1) is 14.4. The molecule has 1 fully saturated rings. The van der Waals surface area contributed by atoms with Crippen LogP contribution >= 0.6 is 23.2 Å². The Balaban J connectivity index is 1.40. The molecule has 1 saturated heterocycles. The molecule has 0 saturated carbocycles. The average molecular weight is 471 g/mol. The highest BCUT2D eigenvalue weighted by molar-refractivity contribution is 7.89. The third kappa shape index (κ3) is 4.23. The lowest BCUT2D eigenvalue weighted by Crippen LogP contribution is -2.41. The fraction of sp³-hybridized carbons (Fsp3) is 0.350. The highest BCUT2D eigenvalue weighted by Crippen LogP contribution is 2.35. The van der Waals surface area contributed by atoms with Crippen LogP contribution in [0.3, 0.4) is 0 Å². The van der Waals surface area contributed by atoms with E-state index < -0.39 is 10.0 Å². The Hall–Kier alpha value is -2.00. The number of sulfonamides is 1. The zero-order chi connectivity index (χ0) is 21.3. The molecule has 4 rings (SSSR count). The van der Waals surface area contributed by atoms with Gasteiger partial charge in [-0.2, -0.15) is 4.31 Å². The van der Waals surface area contributed by atoms with Gasteiger partial charge in [-0.05, 0) is 37.1 Å². The van der Waals surface area contributed by atoms with Gasteiger partial charge in [0.2, 0.25) is 15.9 Å². The van der Waals surface area contributed by atoms with Gasteiger partial charge in [0, 0.05) is 30.8 Å². The molecule has 30 heavy (non-hydrogen) atoms. The summed E-state index contributed by atoms with van der Waals surface area (Å²) in [5.41, 5.74) is 0.613. The first-order valence-electron chi connectivity index (χ1n) is 9.51. The number of nitrogens with zero attached hydrogens (tertiary/aromatic N) is 1. The van der Waals surface area contributed by atoms with Crippen molar-refractivity contribution in [2.24, 2.45) is 5.92 Å². The fourth-order valence-corrected chi connectivity index (χ4v) is 6.14. The van der Waals surface area contributed by atoms with E-state index in [0.29, 0.717) is 43.2 Å². The van der Waals surface area contributed by atoms with Gasteiger partial charge in [0.05, 0.1) is 10.0 Å². The summed E-state index contributed by atoms with van der Waals surface area (Å²) in [4.78, 5) is 12.6. The number of piperidine rings is 1. The maximum Gasteiger partial charge on any atom is 0.246 e. The summed E-state index contributed by atoms with van der Waals surface area (Å²) >= 11 is 12.2. The van der Waals surface area contributed by atoms with Crippen molar-refractivity contribution in [2.45, 2.75) is 17.7 Å². The number of carbonyl (C=O) groups is 1. The Labute approximate surface area is 184 Å². The zero-order valence-electron chi connectivity index (χ0n) is 15.9. The van der Waals surface area contributed by atoms with Crippen molar-refractivity contribution in [1.82, 2.24) is 4.31 Å². The number of fused-ring (bicyclic) bond motifs is 1. The van der Waals surface area contributed by atoms with Gasteiger partial charge in [0.1, 0.15) is 18.1 Å². The summed E-state index contributed by atoms with van der Waals surface area (Å²) in [5, 5.41) is 3.05. The van der Waals surface area contributed by atoms with Crippen LogP contribution in [0.4, 0.5) is 5.69 Å². The number of hydrogen-bond donors (Lipinski definition) is 1. The number of carbonyl (C=O) groups excluding carboxylic acids is 1. The number of hydrogen-bond acceptors (Lipinski definition) is 5. The summed E-state index contributed by atoms with van der Waals surface area (Å²) in [6, 6.07) is 9.82. The Morgan fingerprint density at radius 3 is 2.30 bits per heavy atom. The van der Waals surface area contributed by atoms with Crippen molar-refractivity contribution in [1.29, 1.82) is 0 Å². The van der Waals surface area contributed by atoms with Crippen LogP contribution in [-0.4, -0.2) is 44.9 Å². The van der Waals surface area contributed by atoms with Crippen LogP contribution in [0.1, 0.15) is 12.8 Å². The van der Waals surface area contributed by atoms with E-state index >= 15 is 0 Å². The lowest BCUT2D eigenvalue weighted by molar-refractivity contribution is -0.120. The molecule has 2 aliphatic rings. The lowest BCUT2D eigenvalue weighted by Gasteiger charge is -2.31. The first kappa shape index (κ1) is 21.2. The third-order valence-corrected chi connectivity index (χ3v) is 8.01. The average Bonchev–Trinajstić information content (AvgIpc) is 2.73. The van der Waals surface area contributed by atoms with Crippen LogP contribution in [0, 0.1) is 5.92 Å². The standard InChI is InChI=1S/C20H20Cl2N2O5S/c21-15-2-1-3-16(22)19(15)30(26,27)24-8-6-13(7-9-24)20(25)23-14-4-5-17-18(12-14)29-11-10-28-17/h1-5,12-13H,6-11H2,(H,23,25). The predicted molar refractivity (Wildman–Crippen MR) is 114 cm³/mol. The highest BCUT2D eigenvalue weighted by atomic mass is 35.5. The van der Waals surface area contributed by atoms with Crippen molar-refractivity contribution >= 4 is 44.8 Å². The van der Waals surface area contributed by atoms with Crippen LogP contribution in [0.25, 0.3) is 0 Å². The van der Waals surface area contributed by atoms with Gasteiger partial charge in [0.15, 0.2) is 11.5 Å². The van der Waals surface area contributed by atoms with E-state index in [1.807, 2.05) is 0 Å². The molecule has 2 aromatic carbocycles. The van der Waals surface area contributed by atoms with E-state index in [2.05, 4.69) is 5.32 Å². The number of nitrogens with one attached hydrogen (secondary N) is 1. The van der Waals surface area contributed by atoms with E-state index in [9.17, 15) is 13.2 Å². The molecule has 2 aromatic rings. The number of amides is 1. The van der Waals surface area contributed by atoms with Crippen LogP contribution in [-0.2, 0) is 14.8 Å². The Morgan fingerprint density at radius 1 is 1.00 bits per heavy atom. The van der Waals surface area contributed by atoms with E-state index in [4.69, 9.17) is 32.7 Å². The predicted octanol–water partition coefficient (Wildman–Crippen LogP) is 3.80. The van der Waals surface area contributed by atoms with Gasteiger partial charge < -0.3 is 14.8 Å². The topological polar surface area (TPSA) is 84.9 Å². The second kappa shape index (κ2) is 8.63. The fourth-order valence-electron chi connectivity index (χ4n) is 3.58. The molecule has 7 nitrogen and oxygen atoms in total. The van der Waals surface area contributed by atoms with E-state index in [0.717, 1.165) is 0 Å². The summed E-state index contributed by atoms with van der Waals surface area (Å²) in [6.45, 7) is 1.39. The van der Waals surface area contributed by atoms with Gasteiger partial charge in [0.25, 0.3) is 0 Å². The van der Waals surface area contributed by atoms with E-state index in [1.54, 1.807) is 24.3 Å². The normalized spacial score (nSPS) is 17.5. The smallest absolute Gasteiger partial charge is 0.246 e. The summed E-state index contributed by atoms with van der Waals surface area (Å²) in [5.74, 6) is 0.790. The van der Waals surface area contributed by atoms with Gasteiger partial charge >= 0.3 is 0 Å². The van der Waals surface area contributed by atoms with Gasteiger partial charge in [-0.15, -0.1) is 0 Å². The van der Waals surface area contributed by atoms with Gasteiger partial charge in [-0.25, -0.2) is 8.42 Å². The quantitative estimate of drug-likeness (QED) is 0.734. The Kier molecular flexibility index (Phi) is 6.11. The second-order valence-corrected chi connectivity index (χ2v) is 9.77. The lowest BCUT2D eigenvalue weighted by atomic mass is 9.97. The largest absolute Gasteiger partial charge is 0.486 e. The van der Waals surface area contributed by atoms with Crippen LogP contribution < -0.4 is 14.8 Å². The van der Waals surface area contributed by atoms with Crippen molar-refractivity contribution in [2.75, 3.05) is 31.6 Å². The summed E-state index contributed by atoms with van der Waals surface area (Å²) in [6.07, 6.45) is 0.801. The van der Waals surface area contributed by atoms with Crippen molar-refractivity contribution in [3.05, 3.63) is 46.4 Å². The van der Waals surface area contributed by atoms with Crippen molar-refractivity contribution in [3.63, 3.8) is 0 Å². The molecule has 1 N–H and O–H groups in total. The molecular formula is C20H20Cl2N2O5S. The molecule has 10 heteroatoms. The Bertz CT molecular complexity index is 1050. The van der Waals surface area contributed by atoms with Gasteiger partial charge in [-0.3, -0.25) is 4.79 Å². The Morgan fingerprint density at radius 2 is 1.63 bits per heavy atom. The SMILES string of the molecule is O=C(Nc1ccc2c(c1)OCCO2)C1CCN(S(=O)(=O)c2c(Cl)cccc2Cl)CC1. The van der Waals surface area contributed by atoms with Gasteiger partial charge in [-0.1, -0.05) is 29.3 Å². The third-order valence-electron chi connectivity index (χ3n) is 5.15. The second-order valence-electron chi connectivity index (χ2n) is 7.08. The molecule has 0 aromatic heterocycles. The molecule has 0 atom stereocenters. The zero-order valence-corrected chi connectivity index (χ0v) is 18.3. The maximum absolute atomic E-state index is 13.0. The highest BCUT2D eigenvalue weighted by Gasteiger charge is 2.34. The molecule has 0 spiro atoms. The van der Waals surface area contributed by atoms with E-state index in [-0.39, 0.29) is 39.9 Å². The van der Waals surface area contributed by atoms with Crippen molar-refractivity contribution in [3.8, 4) is 11.5 Å². The molecule has 0 aliphatic carbocycles. The molecule has 2 aliphatic heterocycles. The molecule has 0 radical (unpaired) electrons. The molecule has 2 heterocycles. The van der Waals surface area contributed by atoms with E-state index in [1.165, 1.54) is 16.4 Å². The summed E-state index contributed by atoms with van der Waals surface area (Å²) < 4.78 is 38.3. The van der Waals surface area contributed by atoms with Crippen LogP contribution in [0.15, 0.2) is 41.3 Å². The van der Waals surface area contributed by atoms with Crippen molar-refractivity contribution < 1.29 is 22.7 Å². The monoisotopic (exact) mass is 470 g/mol. The number of halogens is 2. The molecule has 1 amide bonds. The summed E-state index contributed by atoms with van der Waals surface area (Å²) in [7, 11) is -3.83. The first-order valence-corrected chi connectivity index (χ1v) is 11.7. The maximum atomic E-state index is 13.0. The molecule has 0 unspecified atom stereocenters. The van der Waals surface area contributed by atoms with Crippen LogP contribution in [0.2, 0.25) is 10.0 Å². The number of benzene rings is 2. The molecule has 160 valence electrons. The number of anilines is 1. The minimum absolute atomic E-state index is 0.0842. The minimum Gasteiger partial charge on any atom is -0.486 e. The number of rotatable bonds is 4. The molecule has 0 bridgehead atoms. The minimum atomic E-state index is -3.83. The molecular weight excluding hydrogens is 451 g/mol. The number of ether oxygens (including phenoxy) is 2.